The number of amides is 1. The second kappa shape index (κ2) is 5.77. The molecular formula is C20H19N3O2. The van der Waals surface area contributed by atoms with Crippen LogP contribution in [0.3, 0.4) is 0 Å². The van der Waals surface area contributed by atoms with Gasteiger partial charge in [-0.15, -0.1) is 0 Å². The van der Waals surface area contributed by atoms with Crippen LogP contribution in [0.25, 0.3) is 5.69 Å². The van der Waals surface area contributed by atoms with Gasteiger partial charge in [-0.1, -0.05) is 29.8 Å². The van der Waals surface area contributed by atoms with Crippen molar-refractivity contribution in [2.24, 2.45) is 0 Å². The van der Waals surface area contributed by atoms with Gasteiger partial charge in [0.25, 0.3) is 0 Å². The highest BCUT2D eigenvalue weighted by Gasteiger charge is 2.30. The SMILES string of the molecule is Cc1ccc(-n2ncc3c2NC(=O)CC3c2cccc(O)c2)c(C)c1. The molecule has 126 valence electrons. The van der Waals surface area contributed by atoms with Gasteiger partial charge < -0.3 is 10.4 Å². The number of anilines is 1. The Kier molecular flexibility index (Phi) is 3.57. The highest BCUT2D eigenvalue weighted by atomic mass is 16.3. The lowest BCUT2D eigenvalue weighted by atomic mass is 9.87. The first-order valence-electron chi connectivity index (χ1n) is 8.27. The van der Waals surface area contributed by atoms with Gasteiger partial charge in [0.05, 0.1) is 11.9 Å². The standard InChI is InChI=1S/C20H19N3O2/c1-12-6-7-18(13(2)8-12)23-20-17(11-21-23)16(10-19(25)22-20)14-4-3-5-15(24)9-14/h3-9,11,16,24H,10H2,1-2H3,(H,22,25). The fourth-order valence-corrected chi connectivity index (χ4v) is 3.48. The van der Waals surface area contributed by atoms with Gasteiger partial charge >= 0.3 is 0 Å². The number of carbonyl (C=O) groups excluding carboxylic acids is 1. The first kappa shape index (κ1) is 15.4. The molecule has 0 saturated heterocycles. The zero-order valence-corrected chi connectivity index (χ0v) is 14.2. The van der Waals surface area contributed by atoms with Crippen LogP contribution in [0.15, 0.2) is 48.7 Å². The molecule has 1 aromatic heterocycles. The number of phenolic OH excluding ortho intramolecular Hbond substituents is 1. The number of rotatable bonds is 2. The van der Waals surface area contributed by atoms with E-state index in [1.54, 1.807) is 22.9 Å². The van der Waals surface area contributed by atoms with E-state index >= 15 is 0 Å². The van der Waals surface area contributed by atoms with Crippen molar-refractivity contribution >= 4 is 11.7 Å². The molecule has 5 nitrogen and oxygen atoms in total. The minimum Gasteiger partial charge on any atom is -0.508 e. The first-order valence-corrected chi connectivity index (χ1v) is 8.27. The van der Waals surface area contributed by atoms with Crippen LogP contribution in [-0.4, -0.2) is 20.8 Å². The Labute approximate surface area is 145 Å². The van der Waals surface area contributed by atoms with Crippen LogP contribution in [0.5, 0.6) is 5.75 Å². The number of aryl methyl sites for hydroxylation is 2. The third-order valence-corrected chi connectivity index (χ3v) is 4.67. The average Bonchev–Trinajstić information content (AvgIpc) is 2.97. The van der Waals surface area contributed by atoms with Crippen molar-refractivity contribution in [3.8, 4) is 11.4 Å². The summed E-state index contributed by atoms with van der Waals surface area (Å²) < 4.78 is 1.79. The number of fused-ring (bicyclic) bond motifs is 1. The smallest absolute Gasteiger partial charge is 0.226 e. The zero-order chi connectivity index (χ0) is 17.6. The normalized spacial score (nSPS) is 16.4. The lowest BCUT2D eigenvalue weighted by Crippen LogP contribution is -2.24. The quantitative estimate of drug-likeness (QED) is 0.752. The van der Waals surface area contributed by atoms with E-state index in [2.05, 4.69) is 23.4 Å². The molecule has 1 amide bonds. The number of nitrogens with zero attached hydrogens (tertiary/aromatic N) is 2. The monoisotopic (exact) mass is 333 g/mol. The highest BCUT2D eigenvalue weighted by molar-refractivity contribution is 5.94. The van der Waals surface area contributed by atoms with Crippen molar-refractivity contribution in [3.63, 3.8) is 0 Å². The van der Waals surface area contributed by atoms with Gasteiger partial charge in [0.1, 0.15) is 11.6 Å². The van der Waals surface area contributed by atoms with E-state index in [1.165, 1.54) is 5.56 Å². The Hall–Kier alpha value is -3.08. The van der Waals surface area contributed by atoms with Gasteiger partial charge in [0, 0.05) is 17.9 Å². The largest absolute Gasteiger partial charge is 0.508 e. The van der Waals surface area contributed by atoms with Gasteiger partial charge in [0.15, 0.2) is 0 Å². The molecule has 4 rings (SSSR count). The summed E-state index contributed by atoms with van der Waals surface area (Å²) in [4.78, 5) is 12.3. The molecule has 2 aromatic carbocycles. The Balaban J connectivity index is 1.84. The first-order chi connectivity index (χ1) is 12.0. The lowest BCUT2D eigenvalue weighted by Gasteiger charge is -2.24. The molecule has 0 saturated carbocycles. The van der Waals surface area contributed by atoms with Crippen LogP contribution in [-0.2, 0) is 4.79 Å². The average molecular weight is 333 g/mol. The summed E-state index contributed by atoms with van der Waals surface area (Å²) in [7, 11) is 0. The molecular weight excluding hydrogens is 314 g/mol. The summed E-state index contributed by atoms with van der Waals surface area (Å²) in [6.45, 7) is 4.09. The fourth-order valence-electron chi connectivity index (χ4n) is 3.48. The number of nitrogens with one attached hydrogen (secondary N) is 1. The van der Waals surface area contributed by atoms with Crippen molar-refractivity contribution in [3.05, 3.63) is 70.9 Å². The number of benzene rings is 2. The van der Waals surface area contributed by atoms with E-state index in [1.807, 2.05) is 31.3 Å². The Bertz CT molecular complexity index is 975. The predicted molar refractivity (Wildman–Crippen MR) is 96.2 cm³/mol. The lowest BCUT2D eigenvalue weighted by molar-refractivity contribution is -0.116. The Morgan fingerprint density at radius 3 is 2.80 bits per heavy atom. The molecule has 0 radical (unpaired) electrons. The molecule has 1 unspecified atom stereocenters. The second-order valence-corrected chi connectivity index (χ2v) is 6.55. The summed E-state index contributed by atoms with van der Waals surface area (Å²) in [6, 6.07) is 13.2. The Morgan fingerprint density at radius 1 is 1.20 bits per heavy atom. The van der Waals surface area contributed by atoms with Crippen LogP contribution in [0.2, 0.25) is 0 Å². The maximum atomic E-state index is 12.3. The summed E-state index contributed by atoms with van der Waals surface area (Å²) in [5, 5.41) is 17.3. The van der Waals surface area contributed by atoms with E-state index in [0.29, 0.717) is 12.2 Å². The van der Waals surface area contributed by atoms with Gasteiger partial charge in [0.2, 0.25) is 5.91 Å². The van der Waals surface area contributed by atoms with Crippen molar-refractivity contribution in [1.29, 1.82) is 0 Å². The van der Waals surface area contributed by atoms with E-state index in [-0.39, 0.29) is 17.6 Å². The van der Waals surface area contributed by atoms with E-state index in [4.69, 9.17) is 0 Å². The zero-order valence-electron chi connectivity index (χ0n) is 14.2. The molecule has 0 bridgehead atoms. The number of aromatic hydroxyl groups is 1. The maximum Gasteiger partial charge on any atom is 0.226 e. The maximum absolute atomic E-state index is 12.3. The molecule has 0 fully saturated rings. The molecule has 0 aliphatic carbocycles. The molecule has 1 aliphatic heterocycles. The van der Waals surface area contributed by atoms with Gasteiger partial charge in [-0.2, -0.15) is 5.10 Å². The summed E-state index contributed by atoms with van der Waals surface area (Å²) in [6.07, 6.45) is 2.15. The molecule has 1 aliphatic rings. The molecule has 2 N–H and O–H groups in total. The van der Waals surface area contributed by atoms with Gasteiger partial charge in [-0.3, -0.25) is 4.79 Å². The summed E-state index contributed by atoms with van der Waals surface area (Å²) in [5.41, 5.74) is 5.11. The number of hydrogen-bond acceptors (Lipinski definition) is 3. The summed E-state index contributed by atoms with van der Waals surface area (Å²) >= 11 is 0. The van der Waals surface area contributed by atoms with Gasteiger partial charge in [-0.05, 0) is 43.2 Å². The number of aromatic nitrogens is 2. The van der Waals surface area contributed by atoms with E-state index < -0.39 is 0 Å². The van der Waals surface area contributed by atoms with Crippen molar-refractivity contribution in [2.45, 2.75) is 26.2 Å². The Morgan fingerprint density at radius 2 is 2.04 bits per heavy atom. The van der Waals surface area contributed by atoms with Crippen molar-refractivity contribution < 1.29 is 9.90 Å². The third-order valence-electron chi connectivity index (χ3n) is 4.67. The van der Waals surface area contributed by atoms with E-state index in [9.17, 15) is 9.90 Å². The van der Waals surface area contributed by atoms with Crippen molar-refractivity contribution in [2.75, 3.05) is 5.32 Å². The highest BCUT2D eigenvalue weighted by Crippen LogP contribution is 2.39. The second-order valence-electron chi connectivity index (χ2n) is 6.55. The number of phenols is 1. The third kappa shape index (κ3) is 2.67. The number of hydrogen-bond donors (Lipinski definition) is 2. The number of carbonyl (C=O) groups is 1. The molecule has 2 heterocycles. The van der Waals surface area contributed by atoms with Crippen LogP contribution >= 0.6 is 0 Å². The van der Waals surface area contributed by atoms with Crippen LogP contribution < -0.4 is 5.32 Å². The van der Waals surface area contributed by atoms with Crippen LogP contribution in [0.1, 0.15) is 34.6 Å². The molecule has 0 spiro atoms. The molecule has 5 heteroatoms. The predicted octanol–water partition coefficient (Wildman–Crippen LogP) is 3.67. The minimum atomic E-state index is -0.115. The fraction of sp³-hybridized carbons (Fsp3) is 0.200. The molecule has 1 atom stereocenters. The van der Waals surface area contributed by atoms with Crippen LogP contribution in [0, 0.1) is 13.8 Å². The van der Waals surface area contributed by atoms with Crippen LogP contribution in [0.4, 0.5) is 5.82 Å². The van der Waals surface area contributed by atoms with Gasteiger partial charge in [-0.25, -0.2) is 4.68 Å². The molecule has 25 heavy (non-hydrogen) atoms. The van der Waals surface area contributed by atoms with E-state index in [0.717, 1.165) is 22.4 Å². The summed E-state index contributed by atoms with van der Waals surface area (Å²) in [5.74, 6) is 0.742. The van der Waals surface area contributed by atoms with Crippen molar-refractivity contribution in [1.82, 2.24) is 9.78 Å². The topological polar surface area (TPSA) is 67.2 Å². The minimum absolute atomic E-state index is 0.0487. The molecule has 3 aromatic rings.